The summed E-state index contributed by atoms with van der Waals surface area (Å²) in [6, 6.07) is 5.72. The van der Waals surface area contributed by atoms with Crippen molar-refractivity contribution in [2.45, 2.75) is 26.9 Å². The van der Waals surface area contributed by atoms with Crippen LogP contribution in [0.2, 0.25) is 0 Å². The summed E-state index contributed by atoms with van der Waals surface area (Å²) < 4.78 is 10.3. The molecule has 0 N–H and O–H groups in total. The van der Waals surface area contributed by atoms with E-state index in [-0.39, 0.29) is 5.78 Å². The fourth-order valence-corrected chi connectivity index (χ4v) is 1.51. The third kappa shape index (κ3) is 3.95. The highest BCUT2D eigenvalue weighted by Gasteiger charge is 2.15. The van der Waals surface area contributed by atoms with Crippen molar-refractivity contribution in [2.75, 3.05) is 20.3 Å². The normalized spacial score (nSPS) is 12.5. The number of methoxy groups -OCH3 is 1. The van der Waals surface area contributed by atoms with Crippen molar-refractivity contribution in [3.8, 4) is 0 Å². The molecule has 0 aliphatic carbocycles. The second-order valence-corrected chi connectivity index (χ2v) is 4.17. The van der Waals surface area contributed by atoms with Gasteiger partial charge in [0.15, 0.2) is 5.78 Å². The number of aryl methyl sites for hydroxylation is 2. The van der Waals surface area contributed by atoms with Crippen LogP contribution in [0.15, 0.2) is 18.2 Å². The van der Waals surface area contributed by atoms with E-state index in [1.165, 1.54) is 5.56 Å². The van der Waals surface area contributed by atoms with E-state index in [4.69, 9.17) is 9.47 Å². The highest BCUT2D eigenvalue weighted by atomic mass is 16.5. The predicted molar refractivity (Wildman–Crippen MR) is 67.5 cm³/mol. The Labute approximate surface area is 103 Å². The Kier molecular flexibility index (Phi) is 5.32. The first-order valence-electron chi connectivity index (χ1n) is 5.78. The first kappa shape index (κ1) is 13.9. The molecule has 0 aliphatic heterocycles. The quantitative estimate of drug-likeness (QED) is 0.562. The van der Waals surface area contributed by atoms with Crippen molar-refractivity contribution in [1.82, 2.24) is 0 Å². The van der Waals surface area contributed by atoms with Crippen LogP contribution < -0.4 is 0 Å². The summed E-state index contributed by atoms with van der Waals surface area (Å²) in [6.07, 6.45) is -0.424. The van der Waals surface area contributed by atoms with Crippen LogP contribution in [0.1, 0.15) is 28.4 Å². The van der Waals surface area contributed by atoms with Crippen molar-refractivity contribution in [1.29, 1.82) is 0 Å². The Morgan fingerprint density at radius 1 is 1.24 bits per heavy atom. The van der Waals surface area contributed by atoms with Crippen LogP contribution in [-0.2, 0) is 9.47 Å². The summed E-state index contributed by atoms with van der Waals surface area (Å²) in [5.41, 5.74) is 3.02. The van der Waals surface area contributed by atoms with Crippen molar-refractivity contribution < 1.29 is 14.3 Å². The second kappa shape index (κ2) is 6.52. The maximum atomic E-state index is 12.0. The fourth-order valence-electron chi connectivity index (χ4n) is 1.51. The Morgan fingerprint density at radius 3 is 2.53 bits per heavy atom. The van der Waals surface area contributed by atoms with Crippen molar-refractivity contribution in [2.24, 2.45) is 0 Å². The number of hydrogen-bond donors (Lipinski definition) is 0. The van der Waals surface area contributed by atoms with Crippen LogP contribution in [0.5, 0.6) is 0 Å². The van der Waals surface area contributed by atoms with Crippen LogP contribution in [0.3, 0.4) is 0 Å². The molecular weight excluding hydrogens is 216 g/mol. The average Bonchev–Trinajstić information content (AvgIpc) is 2.32. The number of rotatable bonds is 6. The molecule has 0 spiro atoms. The molecule has 1 atom stereocenters. The van der Waals surface area contributed by atoms with Gasteiger partial charge in [-0.05, 0) is 38.0 Å². The SMILES string of the molecule is COCCOC(C)C(=O)c1ccc(C)c(C)c1. The van der Waals surface area contributed by atoms with Crippen LogP contribution in [-0.4, -0.2) is 32.2 Å². The minimum absolute atomic E-state index is 0.0178. The first-order valence-corrected chi connectivity index (χ1v) is 5.78. The number of Topliss-reactive ketones (excluding diaryl/α,β-unsaturated/α-hetero) is 1. The molecule has 1 aromatic rings. The molecule has 0 saturated heterocycles. The highest BCUT2D eigenvalue weighted by Crippen LogP contribution is 2.12. The summed E-state index contributed by atoms with van der Waals surface area (Å²) in [4.78, 5) is 12.0. The number of carbonyl (C=O) groups excluding carboxylic acids is 1. The zero-order valence-electron chi connectivity index (χ0n) is 10.9. The number of ketones is 1. The van der Waals surface area contributed by atoms with E-state index in [9.17, 15) is 4.79 Å². The Morgan fingerprint density at radius 2 is 1.94 bits per heavy atom. The maximum Gasteiger partial charge on any atom is 0.191 e. The van der Waals surface area contributed by atoms with E-state index >= 15 is 0 Å². The lowest BCUT2D eigenvalue weighted by atomic mass is 10.0. The van der Waals surface area contributed by atoms with Gasteiger partial charge in [0, 0.05) is 12.7 Å². The molecule has 1 unspecified atom stereocenters. The van der Waals surface area contributed by atoms with E-state index in [1.54, 1.807) is 14.0 Å². The summed E-state index contributed by atoms with van der Waals surface area (Å²) in [5, 5.41) is 0. The zero-order chi connectivity index (χ0) is 12.8. The fraction of sp³-hybridized carbons (Fsp3) is 0.500. The van der Waals surface area contributed by atoms with E-state index in [2.05, 4.69) is 0 Å². The van der Waals surface area contributed by atoms with E-state index in [0.717, 1.165) is 5.56 Å². The molecule has 0 aliphatic rings. The third-order valence-corrected chi connectivity index (χ3v) is 2.82. The number of benzene rings is 1. The number of ether oxygens (including phenoxy) is 2. The van der Waals surface area contributed by atoms with Gasteiger partial charge in [0.2, 0.25) is 0 Å². The minimum atomic E-state index is -0.424. The smallest absolute Gasteiger partial charge is 0.191 e. The van der Waals surface area contributed by atoms with Gasteiger partial charge in [0.25, 0.3) is 0 Å². The summed E-state index contributed by atoms with van der Waals surface area (Å²) in [7, 11) is 1.61. The molecule has 1 aromatic carbocycles. The molecule has 0 heterocycles. The minimum Gasteiger partial charge on any atom is -0.382 e. The molecule has 94 valence electrons. The molecule has 0 amide bonds. The Bertz CT molecular complexity index is 385. The van der Waals surface area contributed by atoms with Crippen molar-refractivity contribution >= 4 is 5.78 Å². The largest absolute Gasteiger partial charge is 0.382 e. The van der Waals surface area contributed by atoms with Gasteiger partial charge in [0.1, 0.15) is 6.10 Å². The molecule has 3 nitrogen and oxygen atoms in total. The lowest BCUT2D eigenvalue weighted by molar-refractivity contribution is 0.0256. The van der Waals surface area contributed by atoms with Gasteiger partial charge >= 0.3 is 0 Å². The highest BCUT2D eigenvalue weighted by molar-refractivity contribution is 5.99. The van der Waals surface area contributed by atoms with E-state index < -0.39 is 6.10 Å². The van der Waals surface area contributed by atoms with Gasteiger partial charge in [-0.15, -0.1) is 0 Å². The predicted octanol–water partition coefficient (Wildman–Crippen LogP) is 2.54. The first-order chi connectivity index (χ1) is 8.06. The summed E-state index contributed by atoms with van der Waals surface area (Å²) >= 11 is 0. The van der Waals surface area contributed by atoms with Gasteiger partial charge in [0.05, 0.1) is 13.2 Å². The Balaban J connectivity index is 2.65. The van der Waals surface area contributed by atoms with Gasteiger partial charge in [-0.1, -0.05) is 12.1 Å². The number of carbonyl (C=O) groups is 1. The monoisotopic (exact) mass is 236 g/mol. The maximum absolute atomic E-state index is 12.0. The molecule has 0 radical (unpaired) electrons. The van der Waals surface area contributed by atoms with E-state index in [0.29, 0.717) is 18.8 Å². The van der Waals surface area contributed by atoms with Crippen LogP contribution in [0.25, 0.3) is 0 Å². The van der Waals surface area contributed by atoms with E-state index in [1.807, 2.05) is 32.0 Å². The standard InChI is InChI=1S/C14H20O3/c1-10-5-6-13(9-11(10)2)14(15)12(3)17-8-7-16-4/h5-6,9,12H,7-8H2,1-4H3. The molecule has 1 rings (SSSR count). The molecule has 0 bridgehead atoms. The van der Waals surface area contributed by atoms with Gasteiger partial charge < -0.3 is 9.47 Å². The average molecular weight is 236 g/mol. The van der Waals surface area contributed by atoms with Crippen molar-refractivity contribution in [3.05, 3.63) is 34.9 Å². The lowest BCUT2D eigenvalue weighted by Crippen LogP contribution is -2.22. The lowest BCUT2D eigenvalue weighted by Gasteiger charge is -2.12. The summed E-state index contributed by atoms with van der Waals surface area (Å²) in [5.74, 6) is 0.0178. The molecule has 0 saturated carbocycles. The Hall–Kier alpha value is -1.19. The third-order valence-electron chi connectivity index (χ3n) is 2.82. The molecule has 3 heteroatoms. The van der Waals surface area contributed by atoms with Crippen LogP contribution in [0.4, 0.5) is 0 Å². The topological polar surface area (TPSA) is 35.5 Å². The second-order valence-electron chi connectivity index (χ2n) is 4.17. The van der Waals surface area contributed by atoms with Gasteiger partial charge in [-0.3, -0.25) is 4.79 Å². The van der Waals surface area contributed by atoms with Crippen LogP contribution >= 0.6 is 0 Å². The molecular formula is C14H20O3. The van der Waals surface area contributed by atoms with Crippen molar-refractivity contribution in [3.63, 3.8) is 0 Å². The zero-order valence-corrected chi connectivity index (χ0v) is 10.9. The molecule has 0 fully saturated rings. The number of hydrogen-bond acceptors (Lipinski definition) is 3. The molecule has 17 heavy (non-hydrogen) atoms. The van der Waals surface area contributed by atoms with Gasteiger partial charge in [-0.25, -0.2) is 0 Å². The van der Waals surface area contributed by atoms with Crippen LogP contribution in [0, 0.1) is 13.8 Å². The van der Waals surface area contributed by atoms with Gasteiger partial charge in [-0.2, -0.15) is 0 Å². The molecule has 0 aromatic heterocycles. The summed E-state index contributed by atoms with van der Waals surface area (Å²) in [6.45, 7) is 6.75.